The molecule has 0 spiro atoms. The molecule has 22 heavy (non-hydrogen) atoms. The largest absolute Gasteiger partial charge is 0.443 e. The standard InChI is InChI=1S/C18H26N2O2/c1-6-13(2)19-12-15-9-7-8-14-10-11-20(16(14)15)17(21)22-18(3,4)5/h6-9,13,19H,1,10-12H2,2-5H3. The topological polar surface area (TPSA) is 41.6 Å². The van der Waals surface area contributed by atoms with E-state index in [4.69, 9.17) is 4.74 Å². The lowest BCUT2D eigenvalue weighted by Gasteiger charge is -2.26. The number of benzene rings is 1. The Balaban J connectivity index is 2.21. The summed E-state index contributed by atoms with van der Waals surface area (Å²) in [7, 11) is 0. The molecule has 1 aromatic rings. The number of fused-ring (bicyclic) bond motifs is 1. The molecule has 0 saturated carbocycles. The third kappa shape index (κ3) is 3.89. The molecule has 1 atom stereocenters. The monoisotopic (exact) mass is 302 g/mol. The minimum atomic E-state index is -0.482. The van der Waals surface area contributed by atoms with E-state index in [0.29, 0.717) is 13.1 Å². The number of nitrogens with zero attached hydrogens (tertiary/aromatic N) is 1. The van der Waals surface area contributed by atoms with Gasteiger partial charge in [-0.3, -0.25) is 4.90 Å². The molecule has 0 radical (unpaired) electrons. The van der Waals surface area contributed by atoms with Gasteiger partial charge in [-0.05, 0) is 45.2 Å². The number of para-hydroxylation sites is 1. The molecule has 1 aliphatic heterocycles. The number of nitrogens with one attached hydrogen (secondary N) is 1. The van der Waals surface area contributed by atoms with Crippen molar-refractivity contribution < 1.29 is 9.53 Å². The van der Waals surface area contributed by atoms with Gasteiger partial charge in [0.2, 0.25) is 0 Å². The Hall–Kier alpha value is -1.81. The smallest absolute Gasteiger partial charge is 0.414 e. The third-order valence-electron chi connectivity index (χ3n) is 3.66. The van der Waals surface area contributed by atoms with Crippen molar-refractivity contribution in [1.82, 2.24) is 5.32 Å². The van der Waals surface area contributed by atoms with Gasteiger partial charge in [-0.2, -0.15) is 0 Å². The predicted molar refractivity (Wildman–Crippen MR) is 90.2 cm³/mol. The number of anilines is 1. The number of hydrogen-bond donors (Lipinski definition) is 1. The molecule has 0 aliphatic carbocycles. The zero-order valence-corrected chi connectivity index (χ0v) is 14.0. The maximum atomic E-state index is 12.4. The normalized spacial score (nSPS) is 15.4. The van der Waals surface area contributed by atoms with Gasteiger partial charge in [0.05, 0.1) is 5.69 Å². The first-order valence-electron chi connectivity index (χ1n) is 7.79. The van der Waals surface area contributed by atoms with Crippen molar-refractivity contribution in [2.75, 3.05) is 11.4 Å². The second-order valence-electron chi connectivity index (χ2n) is 6.71. The summed E-state index contributed by atoms with van der Waals surface area (Å²) in [5, 5.41) is 3.39. The zero-order valence-electron chi connectivity index (χ0n) is 14.0. The minimum absolute atomic E-state index is 0.229. The molecule has 1 aliphatic rings. The SMILES string of the molecule is C=CC(C)NCc1cccc2c1N(C(=O)OC(C)(C)C)CC2. The van der Waals surface area contributed by atoms with Crippen LogP contribution in [0, 0.1) is 0 Å². The molecule has 0 aromatic heterocycles. The van der Waals surface area contributed by atoms with Gasteiger partial charge < -0.3 is 10.1 Å². The number of carbonyl (C=O) groups excluding carboxylic acids is 1. The van der Waals surface area contributed by atoms with Crippen LogP contribution < -0.4 is 10.2 Å². The van der Waals surface area contributed by atoms with Crippen LogP contribution in [-0.2, 0) is 17.7 Å². The molecule has 1 amide bonds. The molecule has 1 heterocycles. The fourth-order valence-corrected chi connectivity index (χ4v) is 2.53. The van der Waals surface area contributed by atoms with Crippen LogP contribution in [0.15, 0.2) is 30.9 Å². The predicted octanol–water partition coefficient (Wildman–Crippen LogP) is 3.65. The van der Waals surface area contributed by atoms with Gasteiger partial charge in [0.25, 0.3) is 0 Å². The second kappa shape index (κ2) is 6.53. The van der Waals surface area contributed by atoms with Crippen molar-refractivity contribution in [2.24, 2.45) is 0 Å². The van der Waals surface area contributed by atoms with Crippen molar-refractivity contribution in [2.45, 2.75) is 52.3 Å². The van der Waals surface area contributed by atoms with Crippen molar-refractivity contribution in [3.63, 3.8) is 0 Å². The number of rotatable bonds is 4. The summed E-state index contributed by atoms with van der Waals surface area (Å²) in [6.45, 7) is 12.9. The Morgan fingerprint density at radius 1 is 1.50 bits per heavy atom. The van der Waals surface area contributed by atoms with Crippen LogP contribution in [0.4, 0.5) is 10.5 Å². The van der Waals surface area contributed by atoms with Gasteiger partial charge in [0.1, 0.15) is 5.60 Å². The highest BCUT2D eigenvalue weighted by Gasteiger charge is 2.30. The molecule has 2 rings (SSSR count). The lowest BCUT2D eigenvalue weighted by molar-refractivity contribution is 0.0583. The maximum absolute atomic E-state index is 12.4. The van der Waals surface area contributed by atoms with E-state index in [1.54, 1.807) is 4.90 Å². The molecule has 0 bridgehead atoms. The second-order valence-corrected chi connectivity index (χ2v) is 6.71. The number of ether oxygens (including phenoxy) is 1. The van der Waals surface area contributed by atoms with Crippen molar-refractivity contribution >= 4 is 11.8 Å². The van der Waals surface area contributed by atoms with E-state index in [1.807, 2.05) is 32.9 Å². The lowest BCUT2D eigenvalue weighted by Crippen LogP contribution is -2.36. The molecule has 120 valence electrons. The molecule has 1 aromatic carbocycles. The van der Waals surface area contributed by atoms with Crippen molar-refractivity contribution in [3.05, 3.63) is 42.0 Å². The number of carbonyl (C=O) groups is 1. The molecule has 0 saturated heterocycles. The zero-order chi connectivity index (χ0) is 16.3. The van der Waals surface area contributed by atoms with Crippen LogP contribution in [0.2, 0.25) is 0 Å². The van der Waals surface area contributed by atoms with Crippen molar-refractivity contribution in [3.8, 4) is 0 Å². The third-order valence-corrected chi connectivity index (χ3v) is 3.66. The Morgan fingerprint density at radius 2 is 2.23 bits per heavy atom. The Kier molecular flexibility index (Phi) is 4.91. The van der Waals surface area contributed by atoms with Gasteiger partial charge >= 0.3 is 6.09 Å². The summed E-state index contributed by atoms with van der Waals surface area (Å²) in [4.78, 5) is 14.2. The molecular weight excluding hydrogens is 276 g/mol. The first kappa shape index (κ1) is 16.6. The number of hydrogen-bond acceptors (Lipinski definition) is 3. The van der Waals surface area contributed by atoms with Crippen LogP contribution in [-0.4, -0.2) is 24.3 Å². The highest BCUT2D eigenvalue weighted by Crippen LogP contribution is 2.33. The highest BCUT2D eigenvalue weighted by molar-refractivity contribution is 5.91. The van der Waals surface area contributed by atoms with Crippen LogP contribution in [0.25, 0.3) is 0 Å². The van der Waals surface area contributed by atoms with Gasteiger partial charge in [-0.1, -0.05) is 24.3 Å². The summed E-state index contributed by atoms with van der Waals surface area (Å²) in [5.74, 6) is 0. The molecule has 4 nitrogen and oxygen atoms in total. The first-order valence-corrected chi connectivity index (χ1v) is 7.79. The summed E-state index contributed by atoms with van der Waals surface area (Å²) in [6, 6.07) is 6.42. The van der Waals surface area contributed by atoms with E-state index in [1.165, 1.54) is 5.56 Å². The summed E-state index contributed by atoms with van der Waals surface area (Å²) >= 11 is 0. The minimum Gasteiger partial charge on any atom is -0.443 e. The van der Waals surface area contributed by atoms with Gasteiger partial charge in [-0.25, -0.2) is 4.79 Å². The summed E-state index contributed by atoms with van der Waals surface area (Å²) in [6.07, 6.45) is 2.48. The highest BCUT2D eigenvalue weighted by atomic mass is 16.6. The van der Waals surface area contributed by atoms with Crippen molar-refractivity contribution in [1.29, 1.82) is 0 Å². The maximum Gasteiger partial charge on any atom is 0.414 e. The fourth-order valence-electron chi connectivity index (χ4n) is 2.53. The molecule has 4 heteroatoms. The van der Waals surface area contributed by atoms with Gasteiger partial charge in [0.15, 0.2) is 0 Å². The lowest BCUT2D eigenvalue weighted by atomic mass is 10.1. The number of amides is 1. The molecular formula is C18H26N2O2. The van der Waals surface area contributed by atoms with E-state index in [-0.39, 0.29) is 12.1 Å². The van der Waals surface area contributed by atoms with E-state index in [2.05, 4.69) is 31.0 Å². The summed E-state index contributed by atoms with van der Waals surface area (Å²) < 4.78 is 5.53. The Labute approximate surface area is 133 Å². The molecule has 1 N–H and O–H groups in total. The van der Waals surface area contributed by atoms with Gasteiger partial charge in [-0.15, -0.1) is 6.58 Å². The average Bonchev–Trinajstić information content (AvgIpc) is 2.87. The fraction of sp³-hybridized carbons (Fsp3) is 0.500. The van der Waals surface area contributed by atoms with E-state index >= 15 is 0 Å². The quantitative estimate of drug-likeness (QED) is 0.863. The Bertz CT molecular complexity index is 561. The van der Waals surface area contributed by atoms with E-state index < -0.39 is 5.60 Å². The van der Waals surface area contributed by atoms with E-state index in [0.717, 1.165) is 17.7 Å². The first-order chi connectivity index (χ1) is 10.3. The van der Waals surface area contributed by atoms with Crippen LogP contribution in [0.5, 0.6) is 0 Å². The average molecular weight is 302 g/mol. The molecule has 1 unspecified atom stereocenters. The Morgan fingerprint density at radius 3 is 2.86 bits per heavy atom. The van der Waals surface area contributed by atoms with Crippen LogP contribution in [0.3, 0.4) is 0 Å². The van der Waals surface area contributed by atoms with Crippen LogP contribution >= 0.6 is 0 Å². The molecule has 0 fully saturated rings. The van der Waals surface area contributed by atoms with Crippen LogP contribution in [0.1, 0.15) is 38.8 Å². The van der Waals surface area contributed by atoms with E-state index in [9.17, 15) is 4.79 Å². The summed E-state index contributed by atoms with van der Waals surface area (Å²) in [5.41, 5.74) is 2.84. The van der Waals surface area contributed by atoms with Gasteiger partial charge in [0, 0.05) is 19.1 Å².